The molecule has 0 radical (unpaired) electrons. The minimum absolute atomic E-state index is 0.145. The fourth-order valence-electron chi connectivity index (χ4n) is 4.52. The van der Waals surface area contributed by atoms with Gasteiger partial charge >= 0.3 is 5.97 Å². The van der Waals surface area contributed by atoms with Crippen LogP contribution in [0.25, 0.3) is 0 Å². The third-order valence-corrected chi connectivity index (χ3v) is 5.94. The molecule has 0 aromatic heterocycles. The maximum Gasteiger partial charge on any atom is 0.330 e. The molecule has 2 nitrogen and oxygen atoms in total. The third-order valence-electron chi connectivity index (χ3n) is 5.94. The van der Waals surface area contributed by atoms with Gasteiger partial charge in [0.1, 0.15) is 6.10 Å². The van der Waals surface area contributed by atoms with Gasteiger partial charge in [0.25, 0.3) is 0 Å². The number of carbonyl (C=O) groups is 1. The summed E-state index contributed by atoms with van der Waals surface area (Å²) in [5.41, 5.74) is 0. The Balaban J connectivity index is 1.64. The average Bonchev–Trinajstić information content (AvgIpc) is 2.56. The number of hydrogen-bond acceptors (Lipinski definition) is 2. The molecule has 0 aliphatic heterocycles. The van der Waals surface area contributed by atoms with Crippen molar-refractivity contribution in [2.75, 3.05) is 0 Å². The first kappa shape index (κ1) is 17.6. The Kier molecular flexibility index (Phi) is 7.48. The Morgan fingerprint density at radius 2 is 1.59 bits per heavy atom. The highest BCUT2D eigenvalue weighted by Crippen LogP contribution is 2.41. The highest BCUT2D eigenvalue weighted by Gasteiger charge is 2.31. The second kappa shape index (κ2) is 9.37. The quantitative estimate of drug-likeness (QED) is 0.344. The zero-order valence-corrected chi connectivity index (χ0v) is 14.4. The fraction of sp³-hybridized carbons (Fsp3) is 0.850. The number of hydrogen-bond donors (Lipinski definition) is 0. The van der Waals surface area contributed by atoms with Crippen LogP contribution in [0.3, 0.4) is 0 Å². The molecule has 2 heteroatoms. The number of rotatable bonds is 7. The van der Waals surface area contributed by atoms with Gasteiger partial charge in [-0.2, -0.15) is 0 Å². The average molecular weight is 306 g/mol. The van der Waals surface area contributed by atoms with Crippen molar-refractivity contribution in [3.05, 3.63) is 12.7 Å². The van der Waals surface area contributed by atoms with Gasteiger partial charge in [-0.1, -0.05) is 52.0 Å². The fourth-order valence-corrected chi connectivity index (χ4v) is 4.52. The lowest BCUT2D eigenvalue weighted by molar-refractivity contribution is -0.145. The Morgan fingerprint density at radius 1 is 1.00 bits per heavy atom. The predicted octanol–water partition coefficient (Wildman–Crippen LogP) is 5.66. The molecule has 2 aliphatic carbocycles. The lowest BCUT2D eigenvalue weighted by atomic mass is 9.70. The van der Waals surface area contributed by atoms with E-state index in [2.05, 4.69) is 13.5 Å². The van der Waals surface area contributed by atoms with Crippen LogP contribution in [0.15, 0.2) is 12.7 Å². The first-order valence-electron chi connectivity index (χ1n) is 9.56. The van der Waals surface area contributed by atoms with E-state index in [1.165, 1.54) is 70.3 Å². The molecular weight excluding hydrogens is 272 g/mol. The van der Waals surface area contributed by atoms with Crippen LogP contribution < -0.4 is 0 Å². The van der Waals surface area contributed by atoms with E-state index in [1.54, 1.807) is 0 Å². The standard InChI is InChI=1S/C20H34O2/c1-3-5-6-7-16-8-10-17(11-9-16)18-12-14-19(15-13-18)22-20(21)4-2/h4,16-19H,2-3,5-15H2,1H3. The first-order valence-corrected chi connectivity index (χ1v) is 9.56. The van der Waals surface area contributed by atoms with Crippen molar-refractivity contribution in [3.8, 4) is 0 Å². The largest absolute Gasteiger partial charge is 0.459 e. The molecule has 22 heavy (non-hydrogen) atoms. The highest BCUT2D eigenvalue weighted by molar-refractivity contribution is 5.81. The van der Waals surface area contributed by atoms with Crippen LogP contribution in [-0.4, -0.2) is 12.1 Å². The van der Waals surface area contributed by atoms with Crippen LogP contribution in [0.4, 0.5) is 0 Å². The monoisotopic (exact) mass is 306 g/mol. The minimum atomic E-state index is -0.254. The molecular formula is C20H34O2. The van der Waals surface area contributed by atoms with Crippen molar-refractivity contribution in [2.45, 2.75) is 90.1 Å². The van der Waals surface area contributed by atoms with Crippen molar-refractivity contribution in [3.63, 3.8) is 0 Å². The van der Waals surface area contributed by atoms with Gasteiger partial charge in [-0.3, -0.25) is 0 Å². The van der Waals surface area contributed by atoms with Crippen molar-refractivity contribution < 1.29 is 9.53 Å². The topological polar surface area (TPSA) is 26.3 Å². The SMILES string of the molecule is C=CC(=O)OC1CCC(C2CCC(CCCCC)CC2)CC1. The lowest BCUT2D eigenvalue weighted by Crippen LogP contribution is -2.29. The van der Waals surface area contributed by atoms with Crippen molar-refractivity contribution in [1.29, 1.82) is 0 Å². The van der Waals surface area contributed by atoms with Gasteiger partial charge in [0.2, 0.25) is 0 Å². The van der Waals surface area contributed by atoms with Gasteiger partial charge in [-0.05, 0) is 56.3 Å². The number of esters is 1. The lowest BCUT2D eigenvalue weighted by Gasteiger charge is -2.37. The molecule has 0 heterocycles. The van der Waals surface area contributed by atoms with Gasteiger partial charge in [-0.25, -0.2) is 4.79 Å². The summed E-state index contributed by atoms with van der Waals surface area (Å²) in [4.78, 5) is 11.3. The Hall–Kier alpha value is -0.790. The molecule has 0 N–H and O–H groups in total. The van der Waals surface area contributed by atoms with Crippen LogP contribution in [0.2, 0.25) is 0 Å². The van der Waals surface area contributed by atoms with Crippen LogP contribution in [-0.2, 0) is 9.53 Å². The van der Waals surface area contributed by atoms with Gasteiger partial charge in [0.15, 0.2) is 0 Å². The van der Waals surface area contributed by atoms with Crippen LogP contribution >= 0.6 is 0 Å². The zero-order valence-electron chi connectivity index (χ0n) is 14.4. The molecule has 2 fully saturated rings. The summed E-state index contributed by atoms with van der Waals surface area (Å²) in [6.45, 7) is 5.76. The summed E-state index contributed by atoms with van der Waals surface area (Å²) in [6, 6.07) is 0. The summed E-state index contributed by atoms with van der Waals surface area (Å²) in [6.07, 6.45) is 17.5. The second-order valence-electron chi connectivity index (χ2n) is 7.45. The summed E-state index contributed by atoms with van der Waals surface area (Å²) < 4.78 is 5.39. The number of unbranched alkanes of at least 4 members (excludes halogenated alkanes) is 2. The summed E-state index contributed by atoms with van der Waals surface area (Å²) in [7, 11) is 0. The van der Waals surface area contributed by atoms with E-state index in [0.29, 0.717) is 0 Å². The Morgan fingerprint density at radius 3 is 2.14 bits per heavy atom. The maximum absolute atomic E-state index is 11.3. The van der Waals surface area contributed by atoms with Crippen molar-refractivity contribution >= 4 is 5.97 Å². The van der Waals surface area contributed by atoms with Crippen LogP contribution in [0.1, 0.15) is 84.0 Å². The predicted molar refractivity (Wildman–Crippen MR) is 91.6 cm³/mol. The molecule has 0 atom stereocenters. The summed E-state index contributed by atoms with van der Waals surface area (Å²) in [5, 5.41) is 0. The van der Waals surface area contributed by atoms with Gasteiger partial charge < -0.3 is 4.74 Å². The Labute approximate surface area is 136 Å². The first-order chi connectivity index (χ1) is 10.7. The van der Waals surface area contributed by atoms with Crippen molar-refractivity contribution in [2.24, 2.45) is 17.8 Å². The molecule has 0 spiro atoms. The molecule has 126 valence electrons. The van der Waals surface area contributed by atoms with Gasteiger partial charge in [-0.15, -0.1) is 0 Å². The van der Waals surface area contributed by atoms with E-state index >= 15 is 0 Å². The van der Waals surface area contributed by atoms with E-state index in [4.69, 9.17) is 4.74 Å². The van der Waals surface area contributed by atoms with E-state index in [-0.39, 0.29) is 12.1 Å². The molecule has 0 aromatic rings. The van der Waals surface area contributed by atoms with Crippen LogP contribution in [0, 0.1) is 17.8 Å². The van der Waals surface area contributed by atoms with E-state index in [9.17, 15) is 4.79 Å². The molecule has 0 saturated heterocycles. The molecule has 0 amide bonds. The Bertz CT molecular complexity index is 334. The van der Waals surface area contributed by atoms with E-state index in [0.717, 1.165) is 30.6 Å². The highest BCUT2D eigenvalue weighted by atomic mass is 16.5. The summed E-state index contributed by atoms with van der Waals surface area (Å²) in [5.74, 6) is 2.58. The van der Waals surface area contributed by atoms with Crippen molar-refractivity contribution in [1.82, 2.24) is 0 Å². The van der Waals surface area contributed by atoms with E-state index < -0.39 is 0 Å². The molecule has 0 aromatic carbocycles. The molecule has 2 aliphatic rings. The molecule has 2 saturated carbocycles. The second-order valence-corrected chi connectivity index (χ2v) is 7.45. The van der Waals surface area contributed by atoms with Crippen LogP contribution in [0.5, 0.6) is 0 Å². The smallest absolute Gasteiger partial charge is 0.330 e. The van der Waals surface area contributed by atoms with Gasteiger partial charge in [0, 0.05) is 6.08 Å². The number of ether oxygens (including phenoxy) is 1. The molecule has 0 unspecified atom stereocenters. The van der Waals surface area contributed by atoms with Gasteiger partial charge in [0.05, 0.1) is 0 Å². The molecule has 0 bridgehead atoms. The maximum atomic E-state index is 11.3. The minimum Gasteiger partial charge on any atom is -0.459 e. The summed E-state index contributed by atoms with van der Waals surface area (Å²) >= 11 is 0. The zero-order chi connectivity index (χ0) is 15.8. The normalized spacial score (nSPS) is 32.4. The number of carbonyl (C=O) groups excluding carboxylic acids is 1. The molecule has 2 rings (SSSR count). The van der Waals surface area contributed by atoms with E-state index in [1.807, 2.05) is 0 Å². The third kappa shape index (κ3) is 5.44.